The maximum atomic E-state index is 11.0. The van der Waals surface area contributed by atoms with Crippen LogP contribution in [0.1, 0.15) is 11.4 Å². The molecule has 0 spiro atoms. The highest BCUT2D eigenvalue weighted by Gasteiger charge is 2.09. The molecule has 0 aromatic carbocycles. The molecular weight excluding hydrogens is 204 g/mol. The van der Waals surface area contributed by atoms with Gasteiger partial charge in [-0.05, 0) is 13.8 Å². The lowest BCUT2D eigenvalue weighted by molar-refractivity contribution is -0.113. The molecule has 3 N–H and O–H groups in total. The first kappa shape index (κ1) is 10.7. The summed E-state index contributed by atoms with van der Waals surface area (Å²) in [6.07, 6.45) is 0. The SMILES string of the molecule is Cc1nc(N)nc(C)c1NC(=O)CCl. The number of carbonyl (C=O) groups is 1. The molecule has 0 saturated carbocycles. The van der Waals surface area contributed by atoms with Crippen molar-refractivity contribution in [2.45, 2.75) is 13.8 Å². The first-order valence-electron chi connectivity index (χ1n) is 4.01. The van der Waals surface area contributed by atoms with Crippen molar-refractivity contribution in [3.63, 3.8) is 0 Å². The molecule has 0 aliphatic rings. The van der Waals surface area contributed by atoms with Crippen LogP contribution in [0, 0.1) is 13.8 Å². The Morgan fingerprint density at radius 2 is 1.93 bits per heavy atom. The number of carbonyl (C=O) groups excluding carboxylic acids is 1. The Balaban J connectivity index is 3.02. The molecule has 1 heterocycles. The molecule has 0 radical (unpaired) electrons. The van der Waals surface area contributed by atoms with Crippen LogP contribution >= 0.6 is 11.6 Å². The molecule has 1 rings (SSSR count). The summed E-state index contributed by atoms with van der Waals surface area (Å²) in [6.45, 7) is 3.49. The second-order valence-corrected chi connectivity index (χ2v) is 3.08. The fourth-order valence-corrected chi connectivity index (χ4v) is 1.16. The van der Waals surface area contributed by atoms with Crippen molar-refractivity contribution in [1.29, 1.82) is 0 Å². The van der Waals surface area contributed by atoms with Gasteiger partial charge in [-0.3, -0.25) is 4.79 Å². The molecule has 0 aliphatic heterocycles. The number of nitrogen functional groups attached to an aromatic ring is 1. The Bertz CT molecular complexity index is 343. The van der Waals surface area contributed by atoms with E-state index in [0.717, 1.165) is 0 Å². The minimum Gasteiger partial charge on any atom is -0.368 e. The third kappa shape index (κ3) is 2.32. The average molecular weight is 215 g/mol. The molecule has 5 nitrogen and oxygen atoms in total. The van der Waals surface area contributed by atoms with Crippen LogP contribution in [0.5, 0.6) is 0 Å². The lowest BCUT2D eigenvalue weighted by Gasteiger charge is -2.09. The zero-order valence-electron chi connectivity index (χ0n) is 7.97. The number of hydrogen-bond donors (Lipinski definition) is 2. The molecule has 0 unspecified atom stereocenters. The van der Waals surface area contributed by atoms with Crippen LogP contribution in [0.4, 0.5) is 11.6 Å². The highest BCUT2D eigenvalue weighted by Crippen LogP contribution is 2.17. The lowest BCUT2D eigenvalue weighted by atomic mass is 10.3. The summed E-state index contributed by atoms with van der Waals surface area (Å²) in [4.78, 5) is 18.9. The number of aromatic nitrogens is 2. The smallest absolute Gasteiger partial charge is 0.239 e. The quantitative estimate of drug-likeness (QED) is 0.716. The predicted molar refractivity (Wildman–Crippen MR) is 55.3 cm³/mol. The van der Waals surface area contributed by atoms with Gasteiger partial charge in [-0.15, -0.1) is 11.6 Å². The summed E-state index contributed by atoms with van der Waals surface area (Å²) in [5.74, 6) is -0.182. The van der Waals surface area contributed by atoms with E-state index in [1.54, 1.807) is 13.8 Å². The minimum atomic E-state index is -0.286. The lowest BCUT2D eigenvalue weighted by Crippen LogP contribution is -2.16. The molecule has 6 heteroatoms. The Morgan fingerprint density at radius 1 is 1.43 bits per heavy atom. The van der Waals surface area contributed by atoms with Gasteiger partial charge in [0.1, 0.15) is 5.88 Å². The zero-order valence-corrected chi connectivity index (χ0v) is 8.72. The van der Waals surface area contributed by atoms with Crippen molar-refractivity contribution in [3.05, 3.63) is 11.4 Å². The third-order valence-electron chi connectivity index (χ3n) is 1.67. The first-order valence-corrected chi connectivity index (χ1v) is 4.54. The van der Waals surface area contributed by atoms with Gasteiger partial charge in [0.2, 0.25) is 11.9 Å². The average Bonchev–Trinajstić information content (AvgIpc) is 2.10. The maximum Gasteiger partial charge on any atom is 0.239 e. The molecule has 1 amide bonds. The number of alkyl halides is 1. The number of nitrogens with zero attached hydrogens (tertiary/aromatic N) is 2. The zero-order chi connectivity index (χ0) is 10.7. The highest BCUT2D eigenvalue weighted by atomic mass is 35.5. The molecule has 0 saturated heterocycles. The van der Waals surface area contributed by atoms with Crippen LogP contribution in [0.3, 0.4) is 0 Å². The number of anilines is 2. The van der Waals surface area contributed by atoms with E-state index in [9.17, 15) is 4.79 Å². The van der Waals surface area contributed by atoms with Gasteiger partial charge < -0.3 is 11.1 Å². The third-order valence-corrected chi connectivity index (χ3v) is 1.92. The molecule has 0 fully saturated rings. The van der Waals surface area contributed by atoms with E-state index in [-0.39, 0.29) is 17.7 Å². The predicted octanol–water partition coefficient (Wildman–Crippen LogP) is 0.853. The number of nitrogens with two attached hydrogens (primary N) is 1. The summed E-state index contributed by atoms with van der Waals surface area (Å²) in [5, 5.41) is 2.60. The fourth-order valence-electron chi connectivity index (χ4n) is 1.10. The number of halogens is 1. The van der Waals surface area contributed by atoms with E-state index in [0.29, 0.717) is 17.1 Å². The molecule has 76 valence electrons. The maximum absolute atomic E-state index is 11.0. The van der Waals surface area contributed by atoms with E-state index in [1.165, 1.54) is 0 Å². The van der Waals surface area contributed by atoms with Gasteiger partial charge >= 0.3 is 0 Å². The van der Waals surface area contributed by atoms with Crippen molar-refractivity contribution in [2.24, 2.45) is 0 Å². The molecule has 0 aliphatic carbocycles. The van der Waals surface area contributed by atoms with Gasteiger partial charge in [0.15, 0.2) is 0 Å². The van der Waals surface area contributed by atoms with Gasteiger partial charge in [-0.2, -0.15) is 0 Å². The van der Waals surface area contributed by atoms with Crippen LogP contribution in [0.15, 0.2) is 0 Å². The Kier molecular flexibility index (Phi) is 3.24. The molecule has 1 aromatic rings. The number of amides is 1. The Labute approximate surface area is 86.7 Å². The van der Waals surface area contributed by atoms with Crippen LogP contribution in [0.25, 0.3) is 0 Å². The number of hydrogen-bond acceptors (Lipinski definition) is 4. The Hall–Kier alpha value is -1.36. The van der Waals surface area contributed by atoms with E-state index in [2.05, 4.69) is 15.3 Å². The molecule has 14 heavy (non-hydrogen) atoms. The standard InChI is InChI=1S/C8H11ClN4O/c1-4-7(13-6(14)3-9)5(2)12-8(10)11-4/h3H2,1-2H3,(H,13,14)(H2,10,11,12). The van der Waals surface area contributed by atoms with Crippen LogP contribution in [-0.4, -0.2) is 21.8 Å². The second kappa shape index (κ2) is 4.23. The Morgan fingerprint density at radius 3 is 2.36 bits per heavy atom. The van der Waals surface area contributed by atoms with E-state index in [1.807, 2.05) is 0 Å². The molecule has 0 bridgehead atoms. The summed E-state index contributed by atoms with van der Waals surface area (Å²) in [5.41, 5.74) is 7.27. The summed E-state index contributed by atoms with van der Waals surface area (Å²) < 4.78 is 0. The van der Waals surface area contributed by atoms with Gasteiger partial charge in [0.05, 0.1) is 17.1 Å². The largest absolute Gasteiger partial charge is 0.368 e. The fraction of sp³-hybridized carbons (Fsp3) is 0.375. The summed E-state index contributed by atoms with van der Waals surface area (Å²) in [7, 11) is 0. The number of rotatable bonds is 2. The summed E-state index contributed by atoms with van der Waals surface area (Å²) in [6, 6.07) is 0. The van der Waals surface area contributed by atoms with E-state index < -0.39 is 0 Å². The van der Waals surface area contributed by atoms with Crippen LogP contribution in [-0.2, 0) is 4.79 Å². The van der Waals surface area contributed by atoms with Gasteiger partial charge in [0.25, 0.3) is 0 Å². The number of nitrogens with one attached hydrogen (secondary N) is 1. The van der Waals surface area contributed by atoms with Crippen molar-refractivity contribution in [3.8, 4) is 0 Å². The first-order chi connectivity index (χ1) is 6.54. The van der Waals surface area contributed by atoms with Crippen LogP contribution < -0.4 is 11.1 Å². The second-order valence-electron chi connectivity index (χ2n) is 2.81. The molecule has 1 aromatic heterocycles. The minimum absolute atomic E-state index is 0.0940. The summed E-state index contributed by atoms with van der Waals surface area (Å²) >= 11 is 5.36. The van der Waals surface area contributed by atoms with Crippen molar-refractivity contribution < 1.29 is 4.79 Å². The van der Waals surface area contributed by atoms with Gasteiger partial charge in [-0.1, -0.05) is 0 Å². The van der Waals surface area contributed by atoms with E-state index in [4.69, 9.17) is 17.3 Å². The van der Waals surface area contributed by atoms with Crippen molar-refractivity contribution in [1.82, 2.24) is 9.97 Å². The van der Waals surface area contributed by atoms with Crippen molar-refractivity contribution in [2.75, 3.05) is 16.9 Å². The van der Waals surface area contributed by atoms with Gasteiger partial charge in [-0.25, -0.2) is 9.97 Å². The van der Waals surface area contributed by atoms with E-state index >= 15 is 0 Å². The topological polar surface area (TPSA) is 80.9 Å². The van der Waals surface area contributed by atoms with Crippen LogP contribution in [0.2, 0.25) is 0 Å². The van der Waals surface area contributed by atoms with Crippen molar-refractivity contribution >= 4 is 29.1 Å². The monoisotopic (exact) mass is 214 g/mol. The molecule has 0 atom stereocenters. The normalized spacial score (nSPS) is 9.93. The number of aryl methyl sites for hydroxylation is 2. The highest BCUT2D eigenvalue weighted by molar-refractivity contribution is 6.29. The van der Waals surface area contributed by atoms with Gasteiger partial charge in [0, 0.05) is 0 Å². The molecular formula is C8H11ClN4O.